The van der Waals surface area contributed by atoms with Crippen LogP contribution in [0.25, 0.3) is 0 Å². The Morgan fingerprint density at radius 1 is 1.71 bits per heavy atom. The van der Waals surface area contributed by atoms with Gasteiger partial charge in [-0.25, -0.2) is 4.98 Å². The van der Waals surface area contributed by atoms with Gasteiger partial charge in [0.2, 0.25) is 5.91 Å². The third kappa shape index (κ3) is 2.11. The zero-order valence-corrected chi connectivity index (χ0v) is 9.47. The summed E-state index contributed by atoms with van der Waals surface area (Å²) in [5.74, 6) is 0.579. The zero-order valence-electron chi connectivity index (χ0n) is 9.47. The van der Waals surface area contributed by atoms with Crippen molar-refractivity contribution in [3.63, 3.8) is 0 Å². The molecule has 2 heterocycles. The Labute approximate surface area is 99.4 Å². The topological polar surface area (TPSA) is 69.0 Å². The molecule has 5 nitrogen and oxygen atoms in total. The van der Waals surface area contributed by atoms with Crippen molar-refractivity contribution in [3.8, 4) is 6.07 Å². The highest BCUT2D eigenvalue weighted by Crippen LogP contribution is 2.24. The largest absolute Gasteiger partial charge is 0.365 e. The van der Waals surface area contributed by atoms with Gasteiger partial charge in [-0.1, -0.05) is 6.58 Å². The average Bonchev–Trinajstić information content (AvgIpc) is 2.35. The summed E-state index contributed by atoms with van der Waals surface area (Å²) >= 11 is 0. The van der Waals surface area contributed by atoms with Gasteiger partial charge in [0.25, 0.3) is 0 Å². The Hall–Kier alpha value is -2.35. The van der Waals surface area contributed by atoms with Crippen molar-refractivity contribution in [1.29, 1.82) is 5.26 Å². The minimum atomic E-state index is -0.138. The molecule has 1 fully saturated rings. The standard InChI is InChI=1S/C12H12N4O/c1-8-15-11(6-12(17)16(8)2)9-3-4-14-10(5-9)7-13/h3-5,11,15H,1,6H2,2H3. The van der Waals surface area contributed by atoms with Gasteiger partial charge in [-0.3, -0.25) is 4.79 Å². The quantitative estimate of drug-likeness (QED) is 0.776. The number of carbonyl (C=O) groups excluding carboxylic acids is 1. The van der Waals surface area contributed by atoms with E-state index in [1.807, 2.05) is 6.07 Å². The molecular formula is C12H12N4O. The third-order valence-corrected chi connectivity index (χ3v) is 2.80. The van der Waals surface area contributed by atoms with Gasteiger partial charge in [-0.15, -0.1) is 0 Å². The SMILES string of the molecule is C=C1NC(c2ccnc(C#N)c2)CC(=O)N1C. The Morgan fingerprint density at radius 2 is 2.47 bits per heavy atom. The Kier molecular flexibility index (Phi) is 2.79. The Bertz CT molecular complexity index is 499. The maximum atomic E-state index is 11.7. The molecule has 1 N–H and O–H groups in total. The first-order valence-corrected chi connectivity index (χ1v) is 5.20. The molecule has 1 aromatic rings. The minimum Gasteiger partial charge on any atom is -0.365 e. The molecule has 1 aromatic heterocycles. The van der Waals surface area contributed by atoms with Crippen molar-refractivity contribution < 1.29 is 4.79 Å². The average molecular weight is 228 g/mol. The minimum absolute atomic E-state index is 0.00840. The maximum absolute atomic E-state index is 11.7. The fourth-order valence-corrected chi connectivity index (χ4v) is 1.74. The number of nitriles is 1. The smallest absolute Gasteiger partial charge is 0.230 e. The molecule has 0 spiro atoms. The van der Waals surface area contributed by atoms with Gasteiger partial charge in [0.15, 0.2) is 0 Å². The molecule has 0 bridgehead atoms. The van der Waals surface area contributed by atoms with E-state index in [9.17, 15) is 4.79 Å². The van der Waals surface area contributed by atoms with E-state index in [0.717, 1.165) is 5.56 Å². The summed E-state index contributed by atoms with van der Waals surface area (Å²) < 4.78 is 0. The van der Waals surface area contributed by atoms with E-state index in [2.05, 4.69) is 16.9 Å². The number of nitrogens with zero attached hydrogens (tertiary/aromatic N) is 3. The van der Waals surface area contributed by atoms with Gasteiger partial charge in [0.1, 0.15) is 17.6 Å². The van der Waals surface area contributed by atoms with Crippen molar-refractivity contribution >= 4 is 5.91 Å². The van der Waals surface area contributed by atoms with Crippen LogP contribution in [0.15, 0.2) is 30.7 Å². The molecule has 5 heteroatoms. The molecule has 0 aliphatic carbocycles. The highest BCUT2D eigenvalue weighted by molar-refractivity contribution is 5.79. The number of rotatable bonds is 1. The van der Waals surface area contributed by atoms with Gasteiger partial charge < -0.3 is 10.2 Å². The van der Waals surface area contributed by atoms with Crippen LogP contribution in [-0.2, 0) is 4.79 Å². The second-order valence-corrected chi connectivity index (χ2v) is 3.89. The number of amides is 1. The van der Waals surface area contributed by atoms with Crippen molar-refractivity contribution in [2.24, 2.45) is 0 Å². The van der Waals surface area contributed by atoms with Gasteiger partial charge in [0, 0.05) is 13.2 Å². The first kappa shape index (κ1) is 11.1. The number of hydrogen-bond acceptors (Lipinski definition) is 4. The number of hydrogen-bond donors (Lipinski definition) is 1. The predicted octanol–water partition coefficient (Wildman–Crippen LogP) is 0.917. The van der Waals surface area contributed by atoms with Crippen LogP contribution in [-0.4, -0.2) is 22.8 Å². The summed E-state index contributed by atoms with van der Waals surface area (Å²) in [5.41, 5.74) is 1.22. The summed E-state index contributed by atoms with van der Waals surface area (Å²) in [6.07, 6.45) is 1.92. The molecule has 1 atom stereocenters. The molecular weight excluding hydrogens is 216 g/mol. The third-order valence-electron chi connectivity index (χ3n) is 2.80. The van der Waals surface area contributed by atoms with Crippen LogP contribution < -0.4 is 5.32 Å². The molecule has 86 valence electrons. The van der Waals surface area contributed by atoms with E-state index in [1.54, 1.807) is 25.4 Å². The van der Waals surface area contributed by atoms with Gasteiger partial charge in [-0.05, 0) is 17.7 Å². The van der Waals surface area contributed by atoms with E-state index in [4.69, 9.17) is 5.26 Å². The lowest BCUT2D eigenvalue weighted by molar-refractivity contribution is -0.130. The fourth-order valence-electron chi connectivity index (χ4n) is 1.74. The highest BCUT2D eigenvalue weighted by Gasteiger charge is 2.26. The normalized spacial score (nSPS) is 19.8. The number of carbonyl (C=O) groups is 1. The molecule has 1 aliphatic rings. The summed E-state index contributed by atoms with van der Waals surface area (Å²) in [6, 6.07) is 5.32. The monoisotopic (exact) mass is 228 g/mol. The van der Waals surface area contributed by atoms with E-state index < -0.39 is 0 Å². The van der Waals surface area contributed by atoms with Gasteiger partial charge >= 0.3 is 0 Å². The highest BCUT2D eigenvalue weighted by atomic mass is 16.2. The molecule has 1 aliphatic heterocycles. The zero-order chi connectivity index (χ0) is 12.4. The van der Waals surface area contributed by atoms with E-state index >= 15 is 0 Å². The van der Waals surface area contributed by atoms with Crippen LogP contribution in [0, 0.1) is 11.3 Å². The van der Waals surface area contributed by atoms with Gasteiger partial charge in [-0.2, -0.15) is 5.26 Å². The molecule has 0 saturated carbocycles. The van der Waals surface area contributed by atoms with Crippen molar-refractivity contribution in [3.05, 3.63) is 42.0 Å². The van der Waals surface area contributed by atoms with Crippen LogP contribution >= 0.6 is 0 Å². The number of aromatic nitrogens is 1. The molecule has 0 aromatic carbocycles. The van der Waals surface area contributed by atoms with Crippen molar-refractivity contribution in [2.75, 3.05) is 7.05 Å². The summed E-state index contributed by atoms with van der Waals surface area (Å²) in [7, 11) is 1.68. The molecule has 1 saturated heterocycles. The molecule has 17 heavy (non-hydrogen) atoms. The van der Waals surface area contributed by atoms with E-state index in [0.29, 0.717) is 17.9 Å². The van der Waals surface area contributed by atoms with Gasteiger partial charge in [0.05, 0.1) is 12.5 Å². The van der Waals surface area contributed by atoms with Crippen LogP contribution in [0.4, 0.5) is 0 Å². The molecule has 0 radical (unpaired) electrons. The van der Waals surface area contributed by atoms with Crippen LogP contribution in [0.5, 0.6) is 0 Å². The lowest BCUT2D eigenvalue weighted by atomic mass is 10.0. The maximum Gasteiger partial charge on any atom is 0.230 e. The van der Waals surface area contributed by atoms with Crippen LogP contribution in [0.1, 0.15) is 23.7 Å². The van der Waals surface area contributed by atoms with E-state index in [-0.39, 0.29) is 11.9 Å². The first-order chi connectivity index (χ1) is 8.11. The first-order valence-electron chi connectivity index (χ1n) is 5.20. The van der Waals surface area contributed by atoms with Crippen molar-refractivity contribution in [2.45, 2.75) is 12.5 Å². The van der Waals surface area contributed by atoms with Crippen molar-refractivity contribution in [1.82, 2.24) is 15.2 Å². The summed E-state index contributed by atoms with van der Waals surface area (Å²) in [5, 5.41) is 11.9. The predicted molar refractivity (Wildman–Crippen MR) is 61.4 cm³/mol. The van der Waals surface area contributed by atoms with E-state index in [1.165, 1.54) is 4.90 Å². The Balaban J connectivity index is 2.26. The van der Waals surface area contributed by atoms with Crippen LogP contribution in [0.2, 0.25) is 0 Å². The summed E-state index contributed by atoms with van der Waals surface area (Å²) in [6.45, 7) is 3.78. The lowest BCUT2D eigenvalue weighted by Crippen LogP contribution is -2.42. The summed E-state index contributed by atoms with van der Waals surface area (Å²) in [4.78, 5) is 17.1. The number of pyridine rings is 1. The second-order valence-electron chi connectivity index (χ2n) is 3.89. The second kappa shape index (κ2) is 4.26. The molecule has 2 rings (SSSR count). The Morgan fingerprint density at radius 3 is 3.12 bits per heavy atom. The van der Waals surface area contributed by atoms with Crippen LogP contribution in [0.3, 0.4) is 0 Å². The molecule has 1 amide bonds. The fraction of sp³-hybridized carbons (Fsp3) is 0.250. The number of nitrogens with one attached hydrogen (secondary N) is 1. The lowest BCUT2D eigenvalue weighted by Gasteiger charge is -2.32. The molecule has 1 unspecified atom stereocenters.